The average Bonchev–Trinajstić information content (AvgIpc) is 2.44. The van der Waals surface area contributed by atoms with Gasteiger partial charge in [0, 0.05) is 17.2 Å². The first-order chi connectivity index (χ1) is 9.57. The molecular formula is C14H19BrClN3O. The Morgan fingerprint density at radius 2 is 2.45 bits per heavy atom. The van der Waals surface area contributed by atoms with Crippen LogP contribution < -0.4 is 10.6 Å². The molecule has 1 amide bonds. The fraction of sp³-hybridized carbons (Fsp3) is 0.571. The molecule has 1 aromatic rings. The van der Waals surface area contributed by atoms with Crippen molar-refractivity contribution in [3.8, 4) is 0 Å². The Bertz CT molecular complexity index is 484. The van der Waals surface area contributed by atoms with Crippen LogP contribution in [0, 0.1) is 5.41 Å². The highest BCUT2D eigenvalue weighted by Gasteiger charge is 2.38. The minimum Gasteiger partial charge on any atom is -0.323 e. The highest BCUT2D eigenvalue weighted by atomic mass is 79.9. The lowest BCUT2D eigenvalue weighted by atomic mass is 9.76. The molecular weight excluding hydrogens is 342 g/mol. The van der Waals surface area contributed by atoms with Crippen LogP contribution in [-0.4, -0.2) is 24.0 Å². The van der Waals surface area contributed by atoms with Crippen molar-refractivity contribution in [2.24, 2.45) is 5.41 Å². The van der Waals surface area contributed by atoms with Crippen molar-refractivity contribution >= 4 is 39.1 Å². The highest BCUT2D eigenvalue weighted by molar-refractivity contribution is 9.10. The van der Waals surface area contributed by atoms with Crippen LogP contribution >= 0.6 is 27.5 Å². The molecule has 6 heteroatoms. The second kappa shape index (κ2) is 6.87. The number of hydrogen-bond donors (Lipinski definition) is 2. The highest BCUT2D eigenvalue weighted by Crippen LogP contribution is 2.34. The summed E-state index contributed by atoms with van der Waals surface area (Å²) >= 11 is 9.38. The molecule has 2 rings (SSSR count). The maximum Gasteiger partial charge on any atom is 0.231 e. The van der Waals surface area contributed by atoms with E-state index in [-0.39, 0.29) is 11.3 Å². The number of carbonyl (C=O) groups is 1. The van der Waals surface area contributed by atoms with Crippen LogP contribution in [-0.2, 0) is 4.79 Å². The maximum atomic E-state index is 12.7. The summed E-state index contributed by atoms with van der Waals surface area (Å²) in [5.74, 6) is 0.0355. The van der Waals surface area contributed by atoms with Gasteiger partial charge in [-0.3, -0.25) is 4.79 Å². The van der Waals surface area contributed by atoms with Gasteiger partial charge in [0.15, 0.2) is 5.15 Å². The molecule has 2 N–H and O–H groups in total. The zero-order chi connectivity index (χ0) is 14.6. The fourth-order valence-electron chi connectivity index (χ4n) is 2.73. The van der Waals surface area contributed by atoms with Gasteiger partial charge in [0.25, 0.3) is 0 Å². The van der Waals surface area contributed by atoms with Crippen molar-refractivity contribution in [3.05, 3.63) is 21.9 Å². The molecule has 0 aromatic carbocycles. The Balaban J connectivity index is 2.18. The molecule has 1 fully saturated rings. The van der Waals surface area contributed by atoms with Crippen molar-refractivity contribution < 1.29 is 4.79 Å². The number of piperidine rings is 1. The molecule has 0 saturated carbocycles. The summed E-state index contributed by atoms with van der Waals surface area (Å²) in [7, 11) is 0. The number of pyridine rings is 1. The first kappa shape index (κ1) is 15.7. The second-order valence-corrected chi connectivity index (χ2v) is 6.53. The van der Waals surface area contributed by atoms with Crippen LogP contribution in [0.2, 0.25) is 5.15 Å². The van der Waals surface area contributed by atoms with Crippen LogP contribution in [0.4, 0.5) is 5.69 Å². The first-order valence-corrected chi connectivity index (χ1v) is 8.08. The standard InChI is InChI=1S/C14H19BrClN3O/c1-2-4-14(5-3-6-17-9-14)13(20)19-11-7-10(15)8-18-12(11)16/h7-8,17H,2-6,9H2,1H3,(H,19,20). The van der Waals surface area contributed by atoms with E-state index in [4.69, 9.17) is 11.6 Å². The van der Waals surface area contributed by atoms with E-state index >= 15 is 0 Å². The molecule has 1 aliphatic heterocycles. The molecule has 0 spiro atoms. The number of rotatable bonds is 4. The van der Waals surface area contributed by atoms with E-state index < -0.39 is 0 Å². The Kier molecular flexibility index (Phi) is 5.41. The minimum absolute atomic E-state index is 0.0355. The smallest absolute Gasteiger partial charge is 0.231 e. The number of nitrogens with one attached hydrogen (secondary N) is 2. The van der Waals surface area contributed by atoms with Gasteiger partial charge in [-0.1, -0.05) is 24.9 Å². The molecule has 2 heterocycles. The Morgan fingerprint density at radius 3 is 3.10 bits per heavy atom. The van der Waals surface area contributed by atoms with E-state index in [0.717, 1.165) is 43.2 Å². The van der Waals surface area contributed by atoms with Gasteiger partial charge in [-0.15, -0.1) is 0 Å². The Labute approximate surface area is 132 Å². The summed E-state index contributed by atoms with van der Waals surface area (Å²) in [6, 6.07) is 1.78. The third-order valence-electron chi connectivity index (χ3n) is 3.74. The van der Waals surface area contributed by atoms with Crippen LogP contribution in [0.1, 0.15) is 32.6 Å². The van der Waals surface area contributed by atoms with Crippen molar-refractivity contribution in [1.82, 2.24) is 10.3 Å². The lowest BCUT2D eigenvalue weighted by molar-refractivity contribution is -0.127. The Morgan fingerprint density at radius 1 is 1.65 bits per heavy atom. The average molecular weight is 361 g/mol. The molecule has 0 radical (unpaired) electrons. The number of anilines is 1. The van der Waals surface area contributed by atoms with Crippen molar-refractivity contribution in [3.63, 3.8) is 0 Å². The quantitative estimate of drug-likeness (QED) is 0.807. The molecule has 4 nitrogen and oxygen atoms in total. The third kappa shape index (κ3) is 3.51. The molecule has 20 heavy (non-hydrogen) atoms. The summed E-state index contributed by atoms with van der Waals surface area (Å²) in [5.41, 5.74) is 0.227. The van der Waals surface area contributed by atoms with E-state index in [2.05, 4.69) is 38.5 Å². The van der Waals surface area contributed by atoms with Gasteiger partial charge in [0.05, 0.1) is 11.1 Å². The van der Waals surface area contributed by atoms with Gasteiger partial charge in [0.2, 0.25) is 5.91 Å². The summed E-state index contributed by atoms with van der Waals surface area (Å²) in [6.45, 7) is 3.82. The summed E-state index contributed by atoms with van der Waals surface area (Å²) in [5, 5.41) is 6.59. The lowest BCUT2D eigenvalue weighted by Gasteiger charge is -2.36. The number of nitrogens with zero attached hydrogens (tertiary/aromatic N) is 1. The van der Waals surface area contributed by atoms with Gasteiger partial charge < -0.3 is 10.6 Å². The van der Waals surface area contributed by atoms with E-state index in [1.165, 1.54) is 0 Å². The minimum atomic E-state index is -0.335. The van der Waals surface area contributed by atoms with E-state index in [0.29, 0.717) is 10.8 Å². The van der Waals surface area contributed by atoms with Gasteiger partial charge in [-0.25, -0.2) is 4.98 Å². The zero-order valence-electron chi connectivity index (χ0n) is 11.5. The largest absolute Gasteiger partial charge is 0.323 e. The molecule has 1 unspecified atom stereocenters. The number of hydrogen-bond acceptors (Lipinski definition) is 3. The molecule has 1 atom stereocenters. The third-order valence-corrected chi connectivity index (χ3v) is 4.47. The first-order valence-electron chi connectivity index (χ1n) is 6.90. The number of carbonyl (C=O) groups excluding carboxylic acids is 1. The fourth-order valence-corrected chi connectivity index (χ4v) is 3.21. The maximum absolute atomic E-state index is 12.7. The van der Waals surface area contributed by atoms with Crippen LogP contribution in [0.15, 0.2) is 16.7 Å². The van der Waals surface area contributed by atoms with E-state index in [1.807, 2.05) is 0 Å². The molecule has 0 bridgehead atoms. The van der Waals surface area contributed by atoms with Crippen LogP contribution in [0.5, 0.6) is 0 Å². The number of aromatic nitrogens is 1. The summed E-state index contributed by atoms with van der Waals surface area (Å²) in [4.78, 5) is 16.7. The zero-order valence-corrected chi connectivity index (χ0v) is 13.9. The van der Waals surface area contributed by atoms with Crippen LogP contribution in [0.25, 0.3) is 0 Å². The van der Waals surface area contributed by atoms with Gasteiger partial charge in [0.1, 0.15) is 0 Å². The number of halogens is 2. The summed E-state index contributed by atoms with van der Waals surface area (Å²) < 4.78 is 0.795. The van der Waals surface area contributed by atoms with Crippen molar-refractivity contribution in [2.75, 3.05) is 18.4 Å². The second-order valence-electron chi connectivity index (χ2n) is 5.26. The topological polar surface area (TPSA) is 54.0 Å². The molecule has 110 valence electrons. The SMILES string of the molecule is CCCC1(C(=O)Nc2cc(Br)cnc2Cl)CCCNC1. The predicted molar refractivity (Wildman–Crippen MR) is 85.0 cm³/mol. The number of amides is 1. The lowest BCUT2D eigenvalue weighted by Crippen LogP contribution is -2.48. The predicted octanol–water partition coefficient (Wildman–Crippen LogP) is 3.61. The molecule has 0 aliphatic carbocycles. The van der Waals surface area contributed by atoms with Crippen LogP contribution in [0.3, 0.4) is 0 Å². The van der Waals surface area contributed by atoms with E-state index in [9.17, 15) is 4.79 Å². The van der Waals surface area contributed by atoms with Crippen molar-refractivity contribution in [2.45, 2.75) is 32.6 Å². The monoisotopic (exact) mass is 359 g/mol. The van der Waals surface area contributed by atoms with Crippen molar-refractivity contribution in [1.29, 1.82) is 0 Å². The molecule has 1 saturated heterocycles. The van der Waals surface area contributed by atoms with Gasteiger partial charge in [-0.2, -0.15) is 0 Å². The van der Waals surface area contributed by atoms with Gasteiger partial charge >= 0.3 is 0 Å². The molecule has 1 aliphatic rings. The van der Waals surface area contributed by atoms with E-state index in [1.54, 1.807) is 12.3 Å². The Hall–Kier alpha value is -0.650. The summed E-state index contributed by atoms with van der Waals surface area (Å²) in [6.07, 6.45) is 5.42. The molecule has 1 aromatic heterocycles. The van der Waals surface area contributed by atoms with Gasteiger partial charge in [-0.05, 0) is 47.8 Å². The normalized spacial score (nSPS) is 22.6.